The normalized spacial score (nSPS) is 10.4. The molecule has 0 aliphatic rings. The Labute approximate surface area is 106 Å². The van der Waals surface area contributed by atoms with Gasteiger partial charge in [0.25, 0.3) is 0 Å². The van der Waals surface area contributed by atoms with Crippen molar-refractivity contribution in [1.82, 2.24) is 4.98 Å². The average Bonchev–Trinajstić information content (AvgIpc) is 2.31. The number of carbonyl (C=O) groups excluding carboxylic acids is 2. The summed E-state index contributed by atoms with van der Waals surface area (Å²) in [7, 11) is 1.35. The molecule has 1 N–H and O–H groups in total. The van der Waals surface area contributed by atoms with Crippen molar-refractivity contribution in [1.29, 1.82) is 0 Å². The number of hydrogen-bond donors (Lipinski definition) is 1. The molecule has 0 aromatic carbocycles. The summed E-state index contributed by atoms with van der Waals surface area (Å²) in [4.78, 5) is 26.0. The van der Waals surface area contributed by atoms with Crippen molar-refractivity contribution in [3.63, 3.8) is 0 Å². The van der Waals surface area contributed by atoms with E-state index in [-0.39, 0.29) is 18.3 Å². The lowest BCUT2D eigenvalue weighted by molar-refractivity contribution is -0.139. The molecular formula is C13H16N2O3. The van der Waals surface area contributed by atoms with E-state index in [0.29, 0.717) is 5.82 Å². The topological polar surface area (TPSA) is 68.3 Å². The third-order valence-corrected chi connectivity index (χ3v) is 2.24. The van der Waals surface area contributed by atoms with Gasteiger partial charge >= 0.3 is 5.97 Å². The van der Waals surface area contributed by atoms with E-state index in [4.69, 9.17) is 0 Å². The van der Waals surface area contributed by atoms with Crippen molar-refractivity contribution in [2.45, 2.75) is 20.3 Å². The Morgan fingerprint density at radius 1 is 1.44 bits per heavy atom. The van der Waals surface area contributed by atoms with Gasteiger partial charge in [0.15, 0.2) is 0 Å². The van der Waals surface area contributed by atoms with Crippen molar-refractivity contribution in [2.24, 2.45) is 0 Å². The number of amides is 1. The fourth-order valence-corrected chi connectivity index (χ4v) is 1.36. The number of esters is 1. The monoisotopic (exact) mass is 248 g/mol. The predicted octanol–water partition coefficient (Wildman–Crippen LogP) is 1.92. The van der Waals surface area contributed by atoms with Crippen LogP contribution < -0.4 is 5.32 Å². The average molecular weight is 248 g/mol. The van der Waals surface area contributed by atoms with Gasteiger partial charge in [0.1, 0.15) is 5.82 Å². The van der Waals surface area contributed by atoms with Gasteiger partial charge in [-0.1, -0.05) is 12.2 Å². The van der Waals surface area contributed by atoms with Gasteiger partial charge in [-0.25, -0.2) is 4.98 Å². The number of aromatic nitrogens is 1. The Morgan fingerprint density at radius 3 is 2.72 bits per heavy atom. The molecule has 0 atom stereocenters. The molecule has 1 rings (SSSR count). The molecule has 96 valence electrons. The highest BCUT2D eigenvalue weighted by molar-refractivity contribution is 5.87. The molecular weight excluding hydrogens is 232 g/mol. The minimum Gasteiger partial charge on any atom is -0.469 e. The molecule has 1 heterocycles. The van der Waals surface area contributed by atoms with E-state index in [0.717, 1.165) is 11.3 Å². The Hall–Kier alpha value is -2.17. The van der Waals surface area contributed by atoms with Crippen molar-refractivity contribution < 1.29 is 14.3 Å². The molecule has 18 heavy (non-hydrogen) atoms. The SMILES string of the molecule is COC(=O)CC=Cc1ccc(NC(C)=O)nc1C. The molecule has 5 nitrogen and oxygen atoms in total. The zero-order valence-corrected chi connectivity index (χ0v) is 10.7. The van der Waals surface area contributed by atoms with Crippen molar-refractivity contribution in [3.8, 4) is 0 Å². The van der Waals surface area contributed by atoms with Crippen LogP contribution in [-0.4, -0.2) is 24.0 Å². The van der Waals surface area contributed by atoms with Crippen molar-refractivity contribution in [2.75, 3.05) is 12.4 Å². The van der Waals surface area contributed by atoms with Crippen LogP contribution in [0.15, 0.2) is 18.2 Å². The Balaban J connectivity index is 2.73. The molecule has 5 heteroatoms. The fraction of sp³-hybridized carbons (Fsp3) is 0.308. The molecule has 0 radical (unpaired) electrons. The summed E-state index contributed by atoms with van der Waals surface area (Å²) in [5, 5.41) is 2.61. The van der Waals surface area contributed by atoms with Crippen LogP contribution in [-0.2, 0) is 14.3 Å². The molecule has 0 saturated carbocycles. The number of nitrogens with zero attached hydrogens (tertiary/aromatic N) is 1. The highest BCUT2D eigenvalue weighted by Gasteiger charge is 2.01. The number of aryl methyl sites for hydroxylation is 1. The summed E-state index contributed by atoms with van der Waals surface area (Å²) in [5.74, 6) is 0.0766. The van der Waals surface area contributed by atoms with Gasteiger partial charge in [-0.15, -0.1) is 0 Å². The standard InChI is InChI=1S/C13H16N2O3/c1-9-11(5-4-6-13(17)18-3)7-8-12(14-9)15-10(2)16/h4-5,7-8H,6H2,1-3H3,(H,14,15,16). The van der Waals surface area contributed by atoms with Crippen LogP contribution in [0.5, 0.6) is 0 Å². The Kier molecular flexibility index (Phi) is 5.05. The molecule has 0 aliphatic heterocycles. The number of nitrogens with one attached hydrogen (secondary N) is 1. The van der Waals surface area contributed by atoms with Crippen LogP contribution in [0.4, 0.5) is 5.82 Å². The number of rotatable bonds is 4. The number of methoxy groups -OCH3 is 1. The highest BCUT2D eigenvalue weighted by atomic mass is 16.5. The number of pyridine rings is 1. The highest BCUT2D eigenvalue weighted by Crippen LogP contribution is 2.12. The summed E-state index contributed by atoms with van der Waals surface area (Å²) in [6.07, 6.45) is 3.74. The maximum absolute atomic E-state index is 10.9. The summed E-state index contributed by atoms with van der Waals surface area (Å²) in [5.41, 5.74) is 1.68. The largest absolute Gasteiger partial charge is 0.469 e. The van der Waals surface area contributed by atoms with E-state index < -0.39 is 0 Å². The third kappa shape index (κ3) is 4.37. The van der Waals surface area contributed by atoms with Crippen LogP contribution in [0.3, 0.4) is 0 Å². The van der Waals surface area contributed by atoms with E-state index in [1.165, 1.54) is 14.0 Å². The first-order chi connectivity index (χ1) is 8.52. The summed E-state index contributed by atoms with van der Waals surface area (Å²) >= 11 is 0. The summed E-state index contributed by atoms with van der Waals surface area (Å²) < 4.78 is 4.53. The van der Waals surface area contributed by atoms with Crippen LogP contribution in [0.25, 0.3) is 6.08 Å². The second-order valence-corrected chi connectivity index (χ2v) is 3.73. The molecule has 1 aromatic heterocycles. The van der Waals surface area contributed by atoms with E-state index in [1.807, 2.05) is 13.0 Å². The fourth-order valence-electron chi connectivity index (χ4n) is 1.36. The minimum absolute atomic E-state index is 0.157. The van der Waals surface area contributed by atoms with E-state index in [2.05, 4.69) is 15.0 Å². The molecule has 0 saturated heterocycles. The predicted molar refractivity (Wildman–Crippen MR) is 68.9 cm³/mol. The maximum Gasteiger partial charge on any atom is 0.309 e. The van der Waals surface area contributed by atoms with Gasteiger partial charge in [-0.3, -0.25) is 9.59 Å². The smallest absolute Gasteiger partial charge is 0.309 e. The van der Waals surface area contributed by atoms with E-state index >= 15 is 0 Å². The molecule has 1 amide bonds. The summed E-state index contributed by atoms with van der Waals surface area (Å²) in [6.45, 7) is 3.27. The first-order valence-electron chi connectivity index (χ1n) is 5.51. The quantitative estimate of drug-likeness (QED) is 0.826. The van der Waals surface area contributed by atoms with Crippen LogP contribution in [0, 0.1) is 6.92 Å². The zero-order chi connectivity index (χ0) is 13.5. The number of hydrogen-bond acceptors (Lipinski definition) is 4. The van der Waals surface area contributed by atoms with Gasteiger partial charge in [0.05, 0.1) is 13.5 Å². The number of ether oxygens (including phenoxy) is 1. The second kappa shape index (κ2) is 6.54. The molecule has 0 aliphatic carbocycles. The molecule has 1 aromatic rings. The summed E-state index contributed by atoms with van der Waals surface area (Å²) in [6, 6.07) is 3.55. The van der Waals surface area contributed by atoms with Gasteiger partial charge in [-0.2, -0.15) is 0 Å². The van der Waals surface area contributed by atoms with Gasteiger partial charge in [0, 0.05) is 12.6 Å². The lowest BCUT2D eigenvalue weighted by atomic mass is 10.2. The first kappa shape index (κ1) is 13.9. The number of anilines is 1. The van der Waals surface area contributed by atoms with Crippen LogP contribution >= 0.6 is 0 Å². The van der Waals surface area contributed by atoms with Gasteiger partial charge in [-0.05, 0) is 24.6 Å². The molecule has 0 spiro atoms. The van der Waals surface area contributed by atoms with Crippen LogP contribution in [0.2, 0.25) is 0 Å². The molecule has 0 unspecified atom stereocenters. The van der Waals surface area contributed by atoms with E-state index in [1.54, 1.807) is 18.2 Å². The van der Waals surface area contributed by atoms with E-state index in [9.17, 15) is 9.59 Å². The van der Waals surface area contributed by atoms with Crippen molar-refractivity contribution in [3.05, 3.63) is 29.5 Å². The molecule has 0 fully saturated rings. The zero-order valence-electron chi connectivity index (χ0n) is 10.7. The second-order valence-electron chi connectivity index (χ2n) is 3.73. The maximum atomic E-state index is 10.9. The lowest BCUT2D eigenvalue weighted by Crippen LogP contribution is -2.08. The number of carbonyl (C=O) groups is 2. The Bertz CT molecular complexity index is 481. The van der Waals surface area contributed by atoms with Crippen LogP contribution in [0.1, 0.15) is 24.6 Å². The first-order valence-corrected chi connectivity index (χ1v) is 5.51. The minimum atomic E-state index is -0.285. The van der Waals surface area contributed by atoms with Gasteiger partial charge in [0.2, 0.25) is 5.91 Å². The Morgan fingerprint density at radius 2 is 2.17 bits per heavy atom. The van der Waals surface area contributed by atoms with Crippen molar-refractivity contribution >= 4 is 23.8 Å². The third-order valence-electron chi connectivity index (χ3n) is 2.24. The lowest BCUT2D eigenvalue weighted by Gasteiger charge is -2.04. The van der Waals surface area contributed by atoms with Gasteiger partial charge < -0.3 is 10.1 Å². The molecule has 0 bridgehead atoms.